The molecule has 0 aliphatic carbocycles. The van der Waals surface area contributed by atoms with Gasteiger partial charge in [0.15, 0.2) is 5.57 Å². The second kappa shape index (κ2) is 5.25. The fraction of sp³-hybridized carbons (Fsp3) is 0.111. The van der Waals surface area contributed by atoms with Gasteiger partial charge in [0.05, 0.1) is 11.9 Å². The Labute approximate surface area is 115 Å². The Bertz CT molecular complexity index is 508. The van der Waals surface area contributed by atoms with Crippen molar-refractivity contribution in [3.8, 4) is 5.69 Å². The van der Waals surface area contributed by atoms with E-state index in [1.54, 1.807) is 35.3 Å². The van der Waals surface area contributed by atoms with Crippen molar-refractivity contribution in [2.75, 3.05) is 6.66 Å². The van der Waals surface area contributed by atoms with E-state index in [0.717, 1.165) is 5.69 Å². The Morgan fingerprint density at radius 2 is 2.19 bits per heavy atom. The molecule has 2 rings (SSSR count). The summed E-state index contributed by atoms with van der Waals surface area (Å²) in [5.74, 6) is 0. The van der Waals surface area contributed by atoms with Crippen LogP contribution in [-0.2, 0) is 4.57 Å². The van der Waals surface area contributed by atoms with E-state index in [-0.39, 0.29) is 35.1 Å². The van der Waals surface area contributed by atoms with Crippen LogP contribution in [0.2, 0.25) is 0 Å². The van der Waals surface area contributed by atoms with Gasteiger partial charge in [0, 0.05) is 25.3 Å². The Morgan fingerprint density at radius 1 is 1.44 bits per heavy atom. The van der Waals surface area contributed by atoms with Crippen LogP contribution in [0.15, 0.2) is 36.9 Å². The zero-order valence-corrected chi connectivity index (χ0v) is 12.0. The molecule has 0 spiro atoms. The first kappa shape index (κ1) is 13.6. The van der Waals surface area contributed by atoms with Crippen LogP contribution in [0, 0.1) is 0 Å². The number of nitrogens with zero attached hydrogens (tertiary/aromatic N) is 3. The molecule has 1 N–H and O–H groups in total. The Hall–Kier alpha value is -0.450. The number of hydrogen-bond acceptors (Lipinski definition) is 3. The van der Waals surface area contributed by atoms with Gasteiger partial charge >= 0.3 is 29.6 Å². The average molecular weight is 246 g/mol. The maximum absolute atomic E-state index is 11.5. The molecule has 2 aromatic rings. The van der Waals surface area contributed by atoms with Crippen molar-refractivity contribution in [1.82, 2.24) is 14.5 Å². The molecule has 0 saturated carbocycles. The summed E-state index contributed by atoms with van der Waals surface area (Å²) in [6, 6.07) is 3.56. The summed E-state index contributed by atoms with van der Waals surface area (Å²) in [4.78, 5) is 17.3. The van der Waals surface area contributed by atoms with Gasteiger partial charge in [-0.3, -0.25) is 14.1 Å². The molecule has 1 atom stereocenters. The largest absolute Gasteiger partial charge is 1.00 e. The summed E-state index contributed by atoms with van der Waals surface area (Å²) in [7, 11) is -3.35. The fourth-order valence-electron chi connectivity index (χ4n) is 1.30. The standard InChI is InChI=1S/C9H10N3O2P.Na/c1-15(13,14)9-11-5-6-12(9)8-3-2-4-10-7-8;/h2-7H,1H3,(H,13,14);/q;+1. The van der Waals surface area contributed by atoms with Gasteiger partial charge in [-0.2, -0.15) is 0 Å². The predicted molar refractivity (Wildman–Crippen MR) is 56.7 cm³/mol. The van der Waals surface area contributed by atoms with Crippen molar-refractivity contribution in [2.45, 2.75) is 0 Å². The van der Waals surface area contributed by atoms with Crippen LogP contribution in [0.25, 0.3) is 5.69 Å². The van der Waals surface area contributed by atoms with Crippen molar-refractivity contribution in [2.24, 2.45) is 0 Å². The molecule has 2 aromatic heterocycles. The predicted octanol–water partition coefficient (Wildman–Crippen LogP) is -2.20. The zero-order valence-electron chi connectivity index (χ0n) is 9.11. The minimum absolute atomic E-state index is 0. The molecular formula is C9H10N3NaO2P+. The number of rotatable bonds is 2. The van der Waals surface area contributed by atoms with Crippen LogP contribution in [0.3, 0.4) is 0 Å². The third-order valence-electron chi connectivity index (χ3n) is 1.92. The number of imidazole rings is 1. The van der Waals surface area contributed by atoms with Gasteiger partial charge in [-0.1, -0.05) is 0 Å². The summed E-state index contributed by atoms with van der Waals surface area (Å²) in [5, 5.41) is 0. The summed E-state index contributed by atoms with van der Waals surface area (Å²) in [5.41, 5.74) is 0.886. The number of hydrogen-bond donors (Lipinski definition) is 1. The summed E-state index contributed by atoms with van der Waals surface area (Å²) in [6.07, 6.45) is 6.39. The van der Waals surface area contributed by atoms with Crippen molar-refractivity contribution in [1.29, 1.82) is 0 Å². The van der Waals surface area contributed by atoms with Gasteiger partial charge < -0.3 is 4.89 Å². The third kappa shape index (κ3) is 2.81. The Kier molecular flexibility index (Phi) is 4.47. The molecule has 16 heavy (non-hydrogen) atoms. The van der Waals surface area contributed by atoms with Gasteiger partial charge in [0.1, 0.15) is 0 Å². The molecule has 0 aliphatic rings. The molecule has 0 fully saturated rings. The van der Waals surface area contributed by atoms with Crippen LogP contribution in [0.4, 0.5) is 0 Å². The van der Waals surface area contributed by atoms with Gasteiger partial charge in [-0.05, 0) is 12.1 Å². The van der Waals surface area contributed by atoms with E-state index in [4.69, 9.17) is 0 Å². The maximum Gasteiger partial charge on any atom is 1.00 e. The van der Waals surface area contributed by atoms with Crippen LogP contribution in [0.5, 0.6) is 0 Å². The number of pyridine rings is 1. The molecule has 1 unspecified atom stereocenters. The van der Waals surface area contributed by atoms with Gasteiger partial charge in [-0.25, -0.2) is 4.98 Å². The SMILES string of the molecule is CP(=O)(O)c1nccn1-c1cccnc1.[Na+]. The maximum atomic E-state index is 11.5. The van der Waals surface area contributed by atoms with Crippen molar-refractivity contribution >= 4 is 12.9 Å². The minimum atomic E-state index is -3.35. The summed E-state index contributed by atoms with van der Waals surface area (Å²) >= 11 is 0. The minimum Gasteiger partial charge on any atom is -0.339 e. The molecule has 78 valence electrons. The van der Waals surface area contributed by atoms with Crippen LogP contribution in [0.1, 0.15) is 0 Å². The topological polar surface area (TPSA) is 68.0 Å². The normalized spacial score (nSPS) is 13.9. The molecule has 0 aliphatic heterocycles. The first-order valence-electron chi connectivity index (χ1n) is 4.33. The quantitative estimate of drug-likeness (QED) is 0.482. The van der Waals surface area contributed by atoms with Crippen LogP contribution >= 0.6 is 7.37 Å². The molecule has 0 bridgehead atoms. The molecule has 0 saturated heterocycles. The van der Waals surface area contributed by atoms with E-state index in [2.05, 4.69) is 9.97 Å². The molecular weight excluding hydrogens is 236 g/mol. The van der Waals surface area contributed by atoms with E-state index < -0.39 is 7.37 Å². The molecule has 5 nitrogen and oxygen atoms in total. The van der Waals surface area contributed by atoms with Gasteiger partial charge in [-0.15, -0.1) is 0 Å². The van der Waals surface area contributed by atoms with Crippen LogP contribution < -0.4 is 35.1 Å². The first-order valence-corrected chi connectivity index (χ1v) is 6.44. The first-order chi connectivity index (χ1) is 7.09. The zero-order chi connectivity index (χ0) is 10.9. The molecule has 0 amide bonds. The molecule has 0 radical (unpaired) electrons. The fourth-order valence-corrected chi connectivity index (χ4v) is 2.16. The van der Waals surface area contributed by atoms with Crippen molar-refractivity contribution in [3.63, 3.8) is 0 Å². The van der Waals surface area contributed by atoms with Crippen molar-refractivity contribution < 1.29 is 39.0 Å². The second-order valence-corrected chi connectivity index (χ2v) is 5.35. The smallest absolute Gasteiger partial charge is 0.339 e. The van der Waals surface area contributed by atoms with E-state index in [0.29, 0.717) is 0 Å². The van der Waals surface area contributed by atoms with E-state index in [9.17, 15) is 9.46 Å². The average Bonchev–Trinajstić information content (AvgIpc) is 2.67. The molecule has 2 heterocycles. The molecule has 7 heteroatoms. The monoisotopic (exact) mass is 246 g/mol. The number of aromatic nitrogens is 3. The van der Waals surface area contributed by atoms with Gasteiger partial charge in [0.25, 0.3) is 7.37 Å². The van der Waals surface area contributed by atoms with Gasteiger partial charge in [0.2, 0.25) is 0 Å². The van der Waals surface area contributed by atoms with E-state index in [1.807, 2.05) is 0 Å². The van der Waals surface area contributed by atoms with Crippen LogP contribution in [-0.4, -0.2) is 26.1 Å². The third-order valence-corrected chi connectivity index (χ3v) is 2.99. The molecule has 0 aromatic carbocycles. The van der Waals surface area contributed by atoms with E-state index in [1.165, 1.54) is 12.9 Å². The second-order valence-electron chi connectivity index (χ2n) is 3.19. The van der Waals surface area contributed by atoms with E-state index >= 15 is 0 Å². The Balaban J connectivity index is 0.00000128. The Morgan fingerprint density at radius 3 is 2.75 bits per heavy atom. The summed E-state index contributed by atoms with van der Waals surface area (Å²) < 4.78 is 13.1. The summed E-state index contributed by atoms with van der Waals surface area (Å²) in [6.45, 7) is 1.27. The van der Waals surface area contributed by atoms with Crippen molar-refractivity contribution in [3.05, 3.63) is 36.9 Å².